The highest BCUT2D eigenvalue weighted by atomic mass is 16.6. The fourth-order valence-electron chi connectivity index (χ4n) is 0.531. The second-order valence-corrected chi connectivity index (χ2v) is 3.03. The molecular weight excluding hydrogens is 186 g/mol. The Labute approximate surface area is 83.1 Å². The van der Waals surface area contributed by atoms with Gasteiger partial charge in [0.2, 0.25) is 0 Å². The minimum Gasteiger partial charge on any atom is -0.459 e. The van der Waals surface area contributed by atoms with E-state index in [0.29, 0.717) is 0 Å². The molecule has 0 aromatic heterocycles. The number of Topliss-reactive ketones (excluding diaryl/α,β-unsaturated/α-hetero) is 1. The Kier molecular flexibility index (Phi) is 5.52. The summed E-state index contributed by atoms with van der Waals surface area (Å²) >= 11 is 0. The number of ketones is 1. The maximum atomic E-state index is 11.0. The van der Waals surface area contributed by atoms with Crippen molar-refractivity contribution in [2.75, 3.05) is 6.61 Å². The molecule has 0 amide bonds. The zero-order valence-electron chi connectivity index (χ0n) is 8.86. The number of carbonyl (C=O) groups is 2. The van der Waals surface area contributed by atoms with Gasteiger partial charge in [0.05, 0.1) is 0 Å². The van der Waals surface area contributed by atoms with Crippen LogP contribution < -0.4 is 0 Å². The van der Waals surface area contributed by atoms with Gasteiger partial charge in [-0.1, -0.05) is 5.16 Å². The van der Waals surface area contributed by atoms with Gasteiger partial charge in [-0.05, 0) is 13.8 Å². The van der Waals surface area contributed by atoms with E-state index >= 15 is 0 Å². The van der Waals surface area contributed by atoms with E-state index in [1.165, 1.54) is 13.8 Å². The van der Waals surface area contributed by atoms with Gasteiger partial charge in [0.15, 0.2) is 11.5 Å². The lowest BCUT2D eigenvalue weighted by atomic mass is 10.3. The van der Waals surface area contributed by atoms with Crippen LogP contribution in [0.4, 0.5) is 0 Å². The van der Waals surface area contributed by atoms with Crippen molar-refractivity contribution >= 4 is 17.5 Å². The van der Waals surface area contributed by atoms with Crippen LogP contribution in [0, 0.1) is 0 Å². The quantitative estimate of drug-likeness (QED) is 0.377. The third kappa shape index (κ3) is 6.16. The molecule has 0 unspecified atom stereocenters. The smallest absolute Gasteiger partial charge is 0.303 e. The van der Waals surface area contributed by atoms with Gasteiger partial charge in [0.25, 0.3) is 0 Å². The number of carbonyl (C=O) groups excluding carboxylic acids is 2. The number of esters is 1. The fourth-order valence-corrected chi connectivity index (χ4v) is 0.531. The summed E-state index contributed by atoms with van der Waals surface area (Å²) < 4.78 is 4.63. The minimum atomic E-state index is -0.455. The number of ether oxygens (including phenoxy) is 1. The molecule has 0 saturated heterocycles. The van der Waals surface area contributed by atoms with E-state index in [0.717, 1.165) is 0 Å². The first-order valence-corrected chi connectivity index (χ1v) is 4.30. The van der Waals surface area contributed by atoms with Crippen LogP contribution in [0.15, 0.2) is 5.16 Å². The molecule has 5 heteroatoms. The van der Waals surface area contributed by atoms with E-state index < -0.39 is 5.97 Å². The first-order valence-electron chi connectivity index (χ1n) is 4.30. The summed E-state index contributed by atoms with van der Waals surface area (Å²) in [6, 6.07) is 0. The molecule has 0 saturated carbocycles. The predicted molar refractivity (Wildman–Crippen MR) is 51.0 cm³/mol. The Morgan fingerprint density at radius 3 is 2.21 bits per heavy atom. The minimum absolute atomic E-state index is 0.105. The summed E-state index contributed by atoms with van der Waals surface area (Å²) in [5.41, 5.74) is 0.105. The largest absolute Gasteiger partial charge is 0.459 e. The molecule has 0 N–H and O–H groups in total. The van der Waals surface area contributed by atoms with Crippen molar-refractivity contribution in [3.8, 4) is 0 Å². The molecule has 5 nitrogen and oxygen atoms in total. The molecule has 0 aliphatic heterocycles. The van der Waals surface area contributed by atoms with Crippen LogP contribution in [0.5, 0.6) is 0 Å². The SMILES string of the molecule is CC(=O)OCC(=NOC(C)C)C(C)=O. The molecule has 0 heterocycles. The Bertz CT molecular complexity index is 245. The molecule has 0 aliphatic carbocycles. The van der Waals surface area contributed by atoms with Crippen molar-refractivity contribution in [2.45, 2.75) is 33.8 Å². The van der Waals surface area contributed by atoms with Gasteiger partial charge < -0.3 is 9.57 Å². The van der Waals surface area contributed by atoms with Gasteiger partial charge in [0, 0.05) is 13.8 Å². The molecule has 0 aromatic rings. The molecule has 0 aromatic carbocycles. The van der Waals surface area contributed by atoms with Crippen molar-refractivity contribution in [3.05, 3.63) is 0 Å². The molecule has 0 fully saturated rings. The van der Waals surface area contributed by atoms with Gasteiger partial charge in [-0.3, -0.25) is 9.59 Å². The first kappa shape index (κ1) is 12.6. The van der Waals surface area contributed by atoms with E-state index in [-0.39, 0.29) is 24.2 Å². The second-order valence-electron chi connectivity index (χ2n) is 3.03. The molecule has 0 atom stereocenters. The molecular formula is C9H15NO4. The highest BCUT2D eigenvalue weighted by Crippen LogP contribution is 1.92. The van der Waals surface area contributed by atoms with Crippen LogP contribution in [-0.4, -0.2) is 30.2 Å². The number of rotatable bonds is 5. The van der Waals surface area contributed by atoms with Crippen molar-refractivity contribution in [2.24, 2.45) is 5.16 Å². The van der Waals surface area contributed by atoms with E-state index in [4.69, 9.17) is 4.84 Å². The first-order chi connectivity index (χ1) is 6.43. The van der Waals surface area contributed by atoms with E-state index in [1.54, 1.807) is 13.8 Å². The topological polar surface area (TPSA) is 65.0 Å². The zero-order chi connectivity index (χ0) is 11.1. The van der Waals surface area contributed by atoms with Crippen molar-refractivity contribution in [1.29, 1.82) is 0 Å². The van der Waals surface area contributed by atoms with Gasteiger partial charge in [0.1, 0.15) is 12.7 Å². The van der Waals surface area contributed by atoms with E-state index in [1.807, 2.05) is 0 Å². The van der Waals surface area contributed by atoms with Crippen LogP contribution in [-0.2, 0) is 19.2 Å². The molecule has 0 spiro atoms. The second kappa shape index (κ2) is 6.12. The van der Waals surface area contributed by atoms with Gasteiger partial charge in [-0.25, -0.2) is 0 Å². The molecule has 14 heavy (non-hydrogen) atoms. The van der Waals surface area contributed by atoms with E-state index in [2.05, 4.69) is 9.89 Å². The summed E-state index contributed by atoms with van der Waals surface area (Å²) in [5.74, 6) is -0.726. The van der Waals surface area contributed by atoms with Crippen molar-refractivity contribution in [1.82, 2.24) is 0 Å². The number of oxime groups is 1. The Morgan fingerprint density at radius 2 is 1.86 bits per heavy atom. The molecule has 0 aliphatic rings. The number of hydrogen-bond donors (Lipinski definition) is 0. The maximum absolute atomic E-state index is 11.0. The standard InChI is InChI=1S/C9H15NO4/c1-6(2)14-10-9(7(3)11)5-13-8(4)12/h6H,5H2,1-4H3. The summed E-state index contributed by atoms with van der Waals surface area (Å²) in [7, 11) is 0. The zero-order valence-corrected chi connectivity index (χ0v) is 8.86. The number of hydrogen-bond acceptors (Lipinski definition) is 5. The highest BCUT2D eigenvalue weighted by molar-refractivity contribution is 6.39. The molecule has 0 bridgehead atoms. The van der Waals surface area contributed by atoms with Gasteiger partial charge >= 0.3 is 5.97 Å². The highest BCUT2D eigenvalue weighted by Gasteiger charge is 2.09. The summed E-state index contributed by atoms with van der Waals surface area (Å²) in [5, 5.41) is 3.58. The third-order valence-electron chi connectivity index (χ3n) is 1.19. The summed E-state index contributed by atoms with van der Waals surface area (Å²) in [6.45, 7) is 6.03. The Balaban J connectivity index is 4.22. The average Bonchev–Trinajstić information content (AvgIpc) is 2.02. The summed E-state index contributed by atoms with van der Waals surface area (Å²) in [4.78, 5) is 26.3. The molecule has 80 valence electrons. The van der Waals surface area contributed by atoms with Crippen molar-refractivity contribution < 1.29 is 19.2 Å². The monoisotopic (exact) mass is 201 g/mol. The van der Waals surface area contributed by atoms with Gasteiger partial charge in [-0.15, -0.1) is 0 Å². The lowest BCUT2D eigenvalue weighted by Crippen LogP contribution is -2.20. The molecule has 0 radical (unpaired) electrons. The Hall–Kier alpha value is -1.39. The van der Waals surface area contributed by atoms with E-state index in [9.17, 15) is 9.59 Å². The fraction of sp³-hybridized carbons (Fsp3) is 0.667. The van der Waals surface area contributed by atoms with Crippen LogP contribution >= 0.6 is 0 Å². The van der Waals surface area contributed by atoms with Crippen LogP contribution in [0.2, 0.25) is 0 Å². The molecule has 0 rings (SSSR count). The third-order valence-corrected chi connectivity index (χ3v) is 1.19. The van der Waals surface area contributed by atoms with Crippen LogP contribution in [0.25, 0.3) is 0 Å². The maximum Gasteiger partial charge on any atom is 0.303 e. The predicted octanol–water partition coefficient (Wildman–Crippen LogP) is 0.919. The Morgan fingerprint density at radius 1 is 1.29 bits per heavy atom. The van der Waals surface area contributed by atoms with Crippen LogP contribution in [0.3, 0.4) is 0 Å². The van der Waals surface area contributed by atoms with Crippen molar-refractivity contribution in [3.63, 3.8) is 0 Å². The lowest BCUT2D eigenvalue weighted by Gasteiger charge is -2.05. The normalized spacial score (nSPS) is 11.4. The average molecular weight is 201 g/mol. The van der Waals surface area contributed by atoms with Gasteiger partial charge in [-0.2, -0.15) is 0 Å². The van der Waals surface area contributed by atoms with Crippen LogP contribution in [0.1, 0.15) is 27.7 Å². The number of nitrogens with zero attached hydrogens (tertiary/aromatic N) is 1. The summed E-state index contributed by atoms with van der Waals surface area (Å²) in [6.07, 6.45) is -0.110. The lowest BCUT2D eigenvalue weighted by molar-refractivity contribution is -0.139.